The van der Waals surface area contributed by atoms with Crippen molar-refractivity contribution in [1.29, 1.82) is 0 Å². The van der Waals surface area contributed by atoms with Crippen LogP contribution >= 0.6 is 11.6 Å². The van der Waals surface area contributed by atoms with Crippen molar-refractivity contribution in [2.45, 2.75) is 13.3 Å². The van der Waals surface area contributed by atoms with Crippen molar-refractivity contribution in [2.75, 3.05) is 20.7 Å². The number of hydrogen-bond donors (Lipinski definition) is 1. The van der Waals surface area contributed by atoms with Crippen LogP contribution in [0, 0.1) is 6.92 Å². The third kappa shape index (κ3) is 3.53. The average molecular weight is 258 g/mol. The minimum atomic E-state index is -0.928. The van der Waals surface area contributed by atoms with Crippen LogP contribution < -0.4 is 4.74 Å². The molecule has 0 fully saturated rings. The summed E-state index contributed by atoms with van der Waals surface area (Å²) in [6.07, 6.45) is -0.291. The number of likely N-dealkylation sites (N-methyl/N-ethyl adjacent to an activating group) is 1. The fraction of sp³-hybridized carbons (Fsp3) is 0.417. The van der Waals surface area contributed by atoms with E-state index in [9.17, 15) is 4.79 Å². The normalized spacial score (nSPS) is 10.1. The minimum Gasteiger partial charge on any atom is -0.495 e. The molecular formula is C12H16ClNO3. The summed E-state index contributed by atoms with van der Waals surface area (Å²) in [5.74, 6) is 0.638. The van der Waals surface area contributed by atoms with E-state index in [0.29, 0.717) is 23.7 Å². The molecule has 0 aliphatic rings. The number of hydrogen-bond acceptors (Lipinski definition) is 2. The molecule has 0 unspecified atom stereocenters. The second-order valence-corrected chi connectivity index (χ2v) is 4.27. The van der Waals surface area contributed by atoms with Gasteiger partial charge in [0.25, 0.3) is 0 Å². The Morgan fingerprint density at radius 1 is 1.53 bits per heavy atom. The maximum absolute atomic E-state index is 10.7. The maximum atomic E-state index is 10.7. The number of carbonyl (C=O) groups is 1. The lowest BCUT2D eigenvalue weighted by molar-refractivity contribution is 0.156. The molecule has 1 aromatic rings. The Morgan fingerprint density at radius 2 is 2.18 bits per heavy atom. The van der Waals surface area contributed by atoms with E-state index in [1.54, 1.807) is 14.2 Å². The summed E-state index contributed by atoms with van der Waals surface area (Å²) in [6, 6.07) is 3.68. The summed E-state index contributed by atoms with van der Waals surface area (Å²) < 4.78 is 5.11. The maximum Gasteiger partial charge on any atom is 0.407 e. The summed E-state index contributed by atoms with van der Waals surface area (Å²) in [6.45, 7) is 2.40. The molecular weight excluding hydrogens is 242 g/mol. The predicted octanol–water partition coefficient (Wildman–Crippen LogP) is 2.81. The zero-order valence-electron chi connectivity index (χ0n) is 10.2. The molecule has 1 amide bonds. The quantitative estimate of drug-likeness (QED) is 0.902. The summed E-state index contributed by atoms with van der Waals surface area (Å²) in [5, 5.41) is 9.29. The Hall–Kier alpha value is -1.42. The van der Waals surface area contributed by atoms with E-state index < -0.39 is 6.09 Å². The van der Waals surface area contributed by atoms with Gasteiger partial charge in [-0.25, -0.2) is 4.79 Å². The molecule has 0 saturated carbocycles. The fourth-order valence-electron chi connectivity index (χ4n) is 1.51. The van der Waals surface area contributed by atoms with E-state index in [1.165, 1.54) is 4.90 Å². The van der Waals surface area contributed by atoms with E-state index in [4.69, 9.17) is 21.4 Å². The fourth-order valence-corrected chi connectivity index (χ4v) is 1.77. The van der Waals surface area contributed by atoms with E-state index in [-0.39, 0.29) is 0 Å². The lowest BCUT2D eigenvalue weighted by Crippen LogP contribution is -2.27. The van der Waals surface area contributed by atoms with Gasteiger partial charge in [-0.3, -0.25) is 0 Å². The summed E-state index contributed by atoms with van der Waals surface area (Å²) in [7, 11) is 3.11. The van der Waals surface area contributed by atoms with E-state index in [1.807, 2.05) is 19.1 Å². The lowest BCUT2D eigenvalue weighted by Gasteiger charge is -2.15. The molecule has 0 saturated heterocycles. The number of ether oxygens (including phenoxy) is 1. The summed E-state index contributed by atoms with van der Waals surface area (Å²) in [4.78, 5) is 11.9. The van der Waals surface area contributed by atoms with Crippen molar-refractivity contribution in [2.24, 2.45) is 0 Å². The molecule has 1 rings (SSSR count). The van der Waals surface area contributed by atoms with Gasteiger partial charge in [-0.2, -0.15) is 0 Å². The lowest BCUT2D eigenvalue weighted by atomic mass is 10.1. The van der Waals surface area contributed by atoms with Gasteiger partial charge in [-0.1, -0.05) is 11.6 Å². The number of aryl methyl sites for hydroxylation is 1. The highest BCUT2D eigenvalue weighted by Gasteiger charge is 2.09. The van der Waals surface area contributed by atoms with Crippen molar-refractivity contribution in [1.82, 2.24) is 4.90 Å². The van der Waals surface area contributed by atoms with Crippen LogP contribution in [0.3, 0.4) is 0 Å². The Morgan fingerprint density at radius 3 is 2.71 bits per heavy atom. The second kappa shape index (κ2) is 5.77. The molecule has 4 nitrogen and oxygen atoms in total. The molecule has 1 N–H and O–H groups in total. The van der Waals surface area contributed by atoms with E-state index in [2.05, 4.69) is 0 Å². The van der Waals surface area contributed by atoms with Crippen molar-refractivity contribution in [3.63, 3.8) is 0 Å². The van der Waals surface area contributed by atoms with E-state index in [0.717, 1.165) is 11.1 Å². The SMILES string of the molecule is COc1cc(C)c(CCN(C)C(=O)O)cc1Cl. The topological polar surface area (TPSA) is 49.8 Å². The molecule has 0 spiro atoms. The smallest absolute Gasteiger partial charge is 0.407 e. The second-order valence-electron chi connectivity index (χ2n) is 3.87. The van der Waals surface area contributed by atoms with Crippen LogP contribution in [0.4, 0.5) is 4.79 Å². The average Bonchev–Trinajstić information content (AvgIpc) is 2.29. The van der Waals surface area contributed by atoms with Crippen LogP contribution in [0.2, 0.25) is 5.02 Å². The van der Waals surface area contributed by atoms with Gasteiger partial charge in [0.05, 0.1) is 12.1 Å². The van der Waals surface area contributed by atoms with Crippen LogP contribution in [0.1, 0.15) is 11.1 Å². The summed E-state index contributed by atoms with van der Waals surface area (Å²) in [5.41, 5.74) is 2.08. The molecule has 0 radical (unpaired) electrons. The number of nitrogens with zero attached hydrogens (tertiary/aromatic N) is 1. The number of halogens is 1. The number of benzene rings is 1. The van der Waals surface area contributed by atoms with Gasteiger partial charge >= 0.3 is 6.09 Å². The minimum absolute atomic E-state index is 0.443. The molecule has 0 atom stereocenters. The molecule has 0 heterocycles. The van der Waals surface area contributed by atoms with Crippen LogP contribution in [0.5, 0.6) is 5.75 Å². The first-order valence-electron chi connectivity index (χ1n) is 5.22. The molecule has 0 bridgehead atoms. The number of carboxylic acid groups (broad SMARTS) is 1. The molecule has 94 valence electrons. The van der Waals surface area contributed by atoms with Gasteiger partial charge in [0.1, 0.15) is 5.75 Å². The largest absolute Gasteiger partial charge is 0.495 e. The van der Waals surface area contributed by atoms with Crippen LogP contribution in [0.15, 0.2) is 12.1 Å². The van der Waals surface area contributed by atoms with Crippen LogP contribution in [0.25, 0.3) is 0 Å². The number of amides is 1. The summed E-state index contributed by atoms with van der Waals surface area (Å²) >= 11 is 6.02. The zero-order valence-corrected chi connectivity index (χ0v) is 10.9. The predicted molar refractivity (Wildman–Crippen MR) is 67.1 cm³/mol. The van der Waals surface area contributed by atoms with Gasteiger partial charge in [0.2, 0.25) is 0 Å². The van der Waals surface area contributed by atoms with Gasteiger partial charge in [0, 0.05) is 13.6 Å². The number of methoxy groups -OCH3 is 1. The molecule has 17 heavy (non-hydrogen) atoms. The monoisotopic (exact) mass is 257 g/mol. The molecule has 1 aromatic carbocycles. The Balaban J connectivity index is 2.78. The van der Waals surface area contributed by atoms with Gasteiger partial charge in [-0.05, 0) is 36.6 Å². The Bertz CT molecular complexity index is 420. The highest BCUT2D eigenvalue weighted by molar-refractivity contribution is 6.32. The first-order chi connectivity index (χ1) is 7.95. The van der Waals surface area contributed by atoms with Gasteiger partial charge < -0.3 is 14.7 Å². The number of rotatable bonds is 4. The van der Waals surface area contributed by atoms with Gasteiger partial charge in [0.15, 0.2) is 0 Å². The van der Waals surface area contributed by atoms with Crippen molar-refractivity contribution in [3.05, 3.63) is 28.3 Å². The highest BCUT2D eigenvalue weighted by atomic mass is 35.5. The highest BCUT2D eigenvalue weighted by Crippen LogP contribution is 2.28. The van der Waals surface area contributed by atoms with Crippen LogP contribution in [-0.2, 0) is 6.42 Å². The Labute approximate surface area is 106 Å². The van der Waals surface area contributed by atoms with Crippen molar-refractivity contribution in [3.8, 4) is 5.75 Å². The first kappa shape index (κ1) is 13.6. The molecule has 0 aliphatic heterocycles. The Kier molecular flexibility index (Phi) is 4.63. The van der Waals surface area contributed by atoms with Crippen molar-refractivity contribution < 1.29 is 14.6 Å². The third-order valence-electron chi connectivity index (χ3n) is 2.65. The molecule has 5 heteroatoms. The molecule has 0 aromatic heterocycles. The third-order valence-corrected chi connectivity index (χ3v) is 2.95. The standard InChI is InChI=1S/C12H16ClNO3/c1-8-6-11(17-3)10(13)7-9(8)4-5-14(2)12(15)16/h6-7H,4-5H2,1-3H3,(H,15,16). The van der Waals surface area contributed by atoms with E-state index >= 15 is 0 Å². The zero-order chi connectivity index (χ0) is 13.0. The first-order valence-corrected chi connectivity index (χ1v) is 5.60. The van der Waals surface area contributed by atoms with Gasteiger partial charge in [-0.15, -0.1) is 0 Å². The van der Waals surface area contributed by atoms with Crippen LogP contribution in [-0.4, -0.2) is 36.8 Å². The molecule has 0 aliphatic carbocycles. The van der Waals surface area contributed by atoms with Crippen molar-refractivity contribution >= 4 is 17.7 Å².